The molecule has 0 radical (unpaired) electrons. The first-order valence-corrected chi connectivity index (χ1v) is 10.3. The summed E-state index contributed by atoms with van der Waals surface area (Å²) in [6.07, 6.45) is 0.895. The Hall–Kier alpha value is -2.60. The van der Waals surface area contributed by atoms with E-state index in [1.165, 1.54) is 23.0 Å². The highest BCUT2D eigenvalue weighted by molar-refractivity contribution is 6.03. The zero-order valence-corrected chi connectivity index (χ0v) is 18.0. The highest BCUT2D eigenvalue weighted by Gasteiger charge is 2.27. The van der Waals surface area contributed by atoms with Crippen LogP contribution in [0.5, 0.6) is 11.5 Å². The molecule has 156 valence electrons. The summed E-state index contributed by atoms with van der Waals surface area (Å²) in [6, 6.07) is 4.14. The standard InChI is InChI=1S/C23H30N2O4/c1-6-28-20-10-17-8-9-25(12-18(17)11-21(20)29-7-2)13-19(27)23-14(3)22(16(5)26)15(4)24-23/h10-11,24H,6-9,12-13H2,1-5H3/p+1. The number of nitrogens with one attached hydrogen (secondary N) is 2. The average molecular weight is 400 g/mol. The Balaban J connectivity index is 1.77. The zero-order chi connectivity index (χ0) is 21.1. The van der Waals surface area contributed by atoms with E-state index in [1.54, 1.807) is 0 Å². The molecule has 0 saturated carbocycles. The van der Waals surface area contributed by atoms with E-state index in [0.29, 0.717) is 31.0 Å². The van der Waals surface area contributed by atoms with Crippen LogP contribution in [0, 0.1) is 13.8 Å². The summed E-state index contributed by atoms with van der Waals surface area (Å²) in [4.78, 5) is 29.1. The topological polar surface area (TPSA) is 72.8 Å². The van der Waals surface area contributed by atoms with E-state index in [-0.39, 0.29) is 11.6 Å². The van der Waals surface area contributed by atoms with Gasteiger partial charge in [0.15, 0.2) is 17.3 Å². The van der Waals surface area contributed by atoms with Gasteiger partial charge in [0.2, 0.25) is 5.78 Å². The largest absolute Gasteiger partial charge is 0.490 e. The van der Waals surface area contributed by atoms with Crippen molar-refractivity contribution in [1.29, 1.82) is 0 Å². The van der Waals surface area contributed by atoms with Crippen molar-refractivity contribution in [3.8, 4) is 11.5 Å². The first-order chi connectivity index (χ1) is 13.8. The van der Waals surface area contributed by atoms with Crippen LogP contribution >= 0.6 is 0 Å². The Morgan fingerprint density at radius 2 is 1.69 bits per heavy atom. The van der Waals surface area contributed by atoms with Gasteiger partial charge in [0.1, 0.15) is 13.1 Å². The molecule has 0 aliphatic carbocycles. The van der Waals surface area contributed by atoms with E-state index in [4.69, 9.17) is 9.47 Å². The third kappa shape index (κ3) is 4.37. The van der Waals surface area contributed by atoms with Crippen molar-refractivity contribution in [2.24, 2.45) is 0 Å². The number of aromatic amines is 1. The molecule has 6 heteroatoms. The molecule has 1 aromatic carbocycles. The van der Waals surface area contributed by atoms with Crippen LogP contribution in [0.4, 0.5) is 0 Å². The summed E-state index contributed by atoms with van der Waals surface area (Å²) in [7, 11) is 0. The van der Waals surface area contributed by atoms with E-state index < -0.39 is 0 Å². The minimum Gasteiger partial charge on any atom is -0.490 e. The van der Waals surface area contributed by atoms with Gasteiger partial charge in [-0.1, -0.05) is 0 Å². The third-order valence-corrected chi connectivity index (χ3v) is 5.53. The van der Waals surface area contributed by atoms with Crippen molar-refractivity contribution < 1.29 is 24.0 Å². The van der Waals surface area contributed by atoms with Crippen LogP contribution in [0.25, 0.3) is 0 Å². The van der Waals surface area contributed by atoms with E-state index in [9.17, 15) is 9.59 Å². The molecule has 0 bridgehead atoms. The van der Waals surface area contributed by atoms with Crippen molar-refractivity contribution in [2.75, 3.05) is 26.3 Å². The summed E-state index contributed by atoms with van der Waals surface area (Å²) >= 11 is 0. The van der Waals surface area contributed by atoms with Crippen LogP contribution in [0.2, 0.25) is 0 Å². The summed E-state index contributed by atoms with van der Waals surface area (Å²) in [6.45, 7) is 12.4. The predicted octanol–water partition coefficient (Wildman–Crippen LogP) is 2.46. The maximum Gasteiger partial charge on any atom is 0.233 e. The first-order valence-electron chi connectivity index (χ1n) is 10.3. The number of Topliss-reactive ketones (excluding diaryl/α,β-unsaturated/α-hetero) is 2. The molecular weight excluding hydrogens is 368 g/mol. The molecule has 2 N–H and O–H groups in total. The lowest BCUT2D eigenvalue weighted by molar-refractivity contribution is -0.907. The second-order valence-corrected chi connectivity index (χ2v) is 7.64. The second-order valence-electron chi connectivity index (χ2n) is 7.64. The number of aryl methyl sites for hydroxylation is 1. The van der Waals surface area contributed by atoms with Gasteiger partial charge in [-0.2, -0.15) is 0 Å². The lowest BCUT2D eigenvalue weighted by Gasteiger charge is -2.26. The number of rotatable bonds is 8. The number of ether oxygens (including phenoxy) is 2. The number of aromatic nitrogens is 1. The van der Waals surface area contributed by atoms with E-state index in [0.717, 1.165) is 42.3 Å². The zero-order valence-electron chi connectivity index (χ0n) is 18.0. The van der Waals surface area contributed by atoms with Gasteiger partial charge in [-0.25, -0.2) is 0 Å². The molecule has 0 fully saturated rings. The van der Waals surface area contributed by atoms with Crippen LogP contribution in [0.1, 0.15) is 64.0 Å². The van der Waals surface area contributed by atoms with Gasteiger partial charge in [0, 0.05) is 23.2 Å². The van der Waals surface area contributed by atoms with E-state index >= 15 is 0 Å². The summed E-state index contributed by atoms with van der Waals surface area (Å²) < 4.78 is 11.5. The molecule has 1 unspecified atom stereocenters. The minimum absolute atomic E-state index is 0.0110. The van der Waals surface area contributed by atoms with Crippen LogP contribution < -0.4 is 14.4 Å². The van der Waals surface area contributed by atoms with Gasteiger partial charge >= 0.3 is 0 Å². The Kier molecular flexibility index (Phi) is 6.42. The Morgan fingerprint density at radius 1 is 1.07 bits per heavy atom. The summed E-state index contributed by atoms with van der Waals surface area (Å²) in [5.41, 5.74) is 5.19. The highest BCUT2D eigenvalue weighted by atomic mass is 16.5. The Morgan fingerprint density at radius 3 is 2.24 bits per heavy atom. The fraction of sp³-hybridized carbons (Fsp3) is 0.478. The highest BCUT2D eigenvalue weighted by Crippen LogP contribution is 2.32. The SMILES string of the molecule is CCOc1cc2c(cc1OCC)C[NH+](CC(=O)c1[nH]c(C)c(C(C)=O)c1C)CC2. The van der Waals surface area contributed by atoms with Crippen LogP contribution in [0.15, 0.2) is 12.1 Å². The van der Waals surface area contributed by atoms with Gasteiger partial charge in [-0.05, 0) is 57.9 Å². The minimum atomic E-state index is -0.0110. The third-order valence-electron chi connectivity index (χ3n) is 5.53. The summed E-state index contributed by atoms with van der Waals surface area (Å²) in [5, 5.41) is 0. The average Bonchev–Trinajstić information content (AvgIpc) is 2.97. The van der Waals surface area contributed by atoms with Crippen molar-refractivity contribution in [3.63, 3.8) is 0 Å². The molecule has 2 aromatic rings. The number of quaternary nitrogens is 1. The quantitative estimate of drug-likeness (QED) is 0.669. The Labute approximate surface area is 172 Å². The monoisotopic (exact) mass is 399 g/mol. The normalized spacial score (nSPS) is 15.7. The molecule has 0 saturated heterocycles. The van der Waals surface area contributed by atoms with Gasteiger partial charge in [0.05, 0.1) is 25.5 Å². The summed E-state index contributed by atoms with van der Waals surface area (Å²) in [5.74, 6) is 1.60. The molecule has 2 heterocycles. The maximum absolute atomic E-state index is 12.9. The van der Waals surface area contributed by atoms with E-state index in [2.05, 4.69) is 17.1 Å². The fourth-order valence-electron chi connectivity index (χ4n) is 4.27. The molecule has 29 heavy (non-hydrogen) atoms. The lowest BCUT2D eigenvalue weighted by atomic mass is 9.98. The molecule has 0 spiro atoms. The molecule has 1 atom stereocenters. The number of hydrogen-bond acceptors (Lipinski definition) is 4. The second kappa shape index (κ2) is 8.82. The van der Waals surface area contributed by atoms with E-state index in [1.807, 2.05) is 27.7 Å². The number of hydrogen-bond donors (Lipinski definition) is 2. The van der Waals surface area contributed by atoms with Crippen LogP contribution in [-0.2, 0) is 13.0 Å². The molecular formula is C23H31N2O4+. The lowest BCUT2D eigenvalue weighted by Crippen LogP contribution is -3.12. The maximum atomic E-state index is 12.9. The molecule has 6 nitrogen and oxygen atoms in total. The van der Waals surface area contributed by atoms with Gasteiger partial charge in [0.25, 0.3) is 0 Å². The van der Waals surface area contributed by atoms with Crippen LogP contribution in [0.3, 0.4) is 0 Å². The smallest absolute Gasteiger partial charge is 0.233 e. The first kappa shape index (κ1) is 21.1. The van der Waals surface area contributed by atoms with Crippen molar-refractivity contribution in [1.82, 2.24) is 4.98 Å². The van der Waals surface area contributed by atoms with Crippen molar-refractivity contribution in [2.45, 2.75) is 47.6 Å². The number of carbonyl (C=O) groups is 2. The Bertz CT molecular complexity index is 929. The van der Waals surface area contributed by atoms with Gasteiger partial charge < -0.3 is 19.4 Å². The molecule has 1 aromatic heterocycles. The molecule has 0 amide bonds. The predicted molar refractivity (Wildman–Crippen MR) is 111 cm³/mol. The van der Waals surface area contributed by atoms with Crippen molar-refractivity contribution in [3.05, 3.63) is 45.8 Å². The molecule has 3 rings (SSSR count). The number of fused-ring (bicyclic) bond motifs is 1. The van der Waals surface area contributed by atoms with Gasteiger partial charge in [-0.3, -0.25) is 9.59 Å². The molecule has 1 aliphatic rings. The van der Waals surface area contributed by atoms with Crippen LogP contribution in [-0.4, -0.2) is 42.9 Å². The number of benzene rings is 1. The number of ketones is 2. The van der Waals surface area contributed by atoms with Crippen molar-refractivity contribution >= 4 is 11.6 Å². The fourth-order valence-corrected chi connectivity index (χ4v) is 4.27. The number of H-pyrrole nitrogens is 1. The number of carbonyl (C=O) groups excluding carboxylic acids is 2. The van der Waals surface area contributed by atoms with Gasteiger partial charge in [-0.15, -0.1) is 0 Å². The molecule has 1 aliphatic heterocycles.